The third-order valence-electron chi connectivity index (χ3n) is 7.98. The summed E-state index contributed by atoms with van der Waals surface area (Å²) < 4.78 is 6.24. The lowest BCUT2D eigenvalue weighted by Gasteiger charge is -2.32. The Bertz CT molecular complexity index is 1590. The molecule has 0 aliphatic carbocycles. The van der Waals surface area contributed by atoms with Crippen molar-refractivity contribution >= 4 is 33.3 Å². The lowest BCUT2D eigenvalue weighted by molar-refractivity contribution is 0.145. The Morgan fingerprint density at radius 1 is 0.829 bits per heavy atom. The molecule has 1 saturated heterocycles. The van der Waals surface area contributed by atoms with Gasteiger partial charge in [-0.05, 0) is 75.0 Å². The summed E-state index contributed by atoms with van der Waals surface area (Å²) in [6.07, 6.45) is 6.77. The summed E-state index contributed by atoms with van der Waals surface area (Å²) in [6.45, 7) is 7.87. The van der Waals surface area contributed by atoms with Crippen LogP contribution in [0.4, 0.5) is 11.5 Å². The van der Waals surface area contributed by atoms with Crippen LogP contribution in [0.25, 0.3) is 21.8 Å². The Morgan fingerprint density at radius 2 is 1.73 bits per heavy atom. The number of hydrogen-bond acceptors (Lipinski definition) is 7. The van der Waals surface area contributed by atoms with Crippen molar-refractivity contribution in [3.8, 4) is 5.75 Å². The maximum absolute atomic E-state index is 6.24. The smallest absolute Gasteiger partial charge is 0.137 e. The molecule has 0 atom stereocenters. The number of piperidine rings is 1. The molecule has 0 saturated carbocycles. The lowest BCUT2D eigenvalue weighted by atomic mass is 9.98. The maximum Gasteiger partial charge on any atom is 0.137 e. The van der Waals surface area contributed by atoms with Gasteiger partial charge in [0.15, 0.2) is 0 Å². The Kier molecular flexibility index (Phi) is 8.52. The van der Waals surface area contributed by atoms with Crippen molar-refractivity contribution < 1.29 is 4.74 Å². The first-order valence-electron chi connectivity index (χ1n) is 14.7. The van der Waals surface area contributed by atoms with Gasteiger partial charge in [-0.3, -0.25) is 4.98 Å². The van der Waals surface area contributed by atoms with Crippen LogP contribution >= 0.6 is 0 Å². The molecule has 1 fully saturated rings. The molecular weight excluding hydrogens is 508 g/mol. The first-order chi connectivity index (χ1) is 20.2. The SMILES string of the molecule is Cc1cccc(CCNc2ncnc3cc(OCC4CCN(CCNc5ccnc6ccccc56)CC4)ccc23)c1. The van der Waals surface area contributed by atoms with Crippen LogP contribution in [-0.2, 0) is 6.42 Å². The van der Waals surface area contributed by atoms with E-state index in [4.69, 9.17) is 4.74 Å². The van der Waals surface area contributed by atoms with Crippen LogP contribution < -0.4 is 15.4 Å². The van der Waals surface area contributed by atoms with Crippen molar-refractivity contribution in [3.05, 3.63) is 96.4 Å². The van der Waals surface area contributed by atoms with Gasteiger partial charge in [-0.1, -0.05) is 48.0 Å². The van der Waals surface area contributed by atoms with Gasteiger partial charge in [0.1, 0.15) is 17.9 Å². The molecule has 210 valence electrons. The van der Waals surface area contributed by atoms with Gasteiger partial charge in [-0.2, -0.15) is 0 Å². The van der Waals surface area contributed by atoms with E-state index in [2.05, 4.69) is 92.0 Å². The molecule has 0 bridgehead atoms. The maximum atomic E-state index is 6.24. The van der Waals surface area contributed by atoms with Gasteiger partial charge in [0.25, 0.3) is 0 Å². The van der Waals surface area contributed by atoms with Gasteiger partial charge in [0.2, 0.25) is 0 Å². The zero-order valence-corrected chi connectivity index (χ0v) is 23.7. The summed E-state index contributed by atoms with van der Waals surface area (Å²) in [6, 6.07) is 25.1. The Hall–Kier alpha value is -4.23. The van der Waals surface area contributed by atoms with Crippen LogP contribution in [0.5, 0.6) is 5.75 Å². The number of rotatable bonds is 11. The van der Waals surface area contributed by atoms with Gasteiger partial charge in [0.05, 0.1) is 17.6 Å². The van der Waals surface area contributed by atoms with Crippen LogP contribution in [0.3, 0.4) is 0 Å². The minimum Gasteiger partial charge on any atom is -0.493 e. The molecule has 1 aliphatic rings. The number of benzene rings is 3. The zero-order chi connectivity index (χ0) is 27.9. The summed E-state index contributed by atoms with van der Waals surface area (Å²) >= 11 is 0. The van der Waals surface area contributed by atoms with E-state index in [0.29, 0.717) is 5.92 Å². The number of likely N-dealkylation sites (tertiary alicyclic amines) is 1. The fourth-order valence-electron chi connectivity index (χ4n) is 5.65. The molecule has 3 aromatic carbocycles. The van der Waals surface area contributed by atoms with Crippen LogP contribution in [0.15, 0.2) is 85.3 Å². The standard InChI is InChI=1S/C34H38N6O/c1-25-5-4-6-26(21-25)11-15-37-34-30-10-9-28(22-33(30)38-24-39-34)41-23-27-13-18-40(19-14-27)20-17-36-32-12-16-35-31-8-3-2-7-29(31)32/h2-10,12,16,21-22,24,27H,11,13-15,17-20,23H2,1H3,(H,35,36)(H,37,38,39). The summed E-state index contributed by atoms with van der Waals surface area (Å²) in [5.41, 5.74) is 5.71. The average Bonchev–Trinajstić information content (AvgIpc) is 3.01. The monoisotopic (exact) mass is 546 g/mol. The molecule has 0 spiro atoms. The van der Waals surface area contributed by atoms with E-state index in [0.717, 1.165) is 92.3 Å². The van der Waals surface area contributed by atoms with E-state index >= 15 is 0 Å². The van der Waals surface area contributed by atoms with E-state index in [1.54, 1.807) is 6.33 Å². The van der Waals surface area contributed by atoms with E-state index in [9.17, 15) is 0 Å². The number of ether oxygens (including phenoxy) is 1. The molecule has 0 amide bonds. The largest absolute Gasteiger partial charge is 0.493 e. The summed E-state index contributed by atoms with van der Waals surface area (Å²) in [7, 11) is 0. The Balaban J connectivity index is 0.947. The van der Waals surface area contributed by atoms with Gasteiger partial charge in [-0.25, -0.2) is 9.97 Å². The van der Waals surface area contributed by atoms with E-state index in [1.165, 1.54) is 16.5 Å². The Labute approximate surface area is 242 Å². The minimum atomic E-state index is 0.572. The van der Waals surface area contributed by atoms with Crippen LogP contribution in [0.1, 0.15) is 24.0 Å². The summed E-state index contributed by atoms with van der Waals surface area (Å²) in [4.78, 5) is 16.0. The molecule has 0 radical (unpaired) electrons. The predicted octanol–water partition coefficient (Wildman–Crippen LogP) is 6.34. The minimum absolute atomic E-state index is 0.572. The quantitative estimate of drug-likeness (QED) is 0.200. The van der Waals surface area contributed by atoms with Crippen molar-refractivity contribution in [2.24, 2.45) is 5.92 Å². The molecular formula is C34H38N6O. The number of pyridine rings is 1. The van der Waals surface area contributed by atoms with Crippen molar-refractivity contribution in [1.82, 2.24) is 19.9 Å². The van der Waals surface area contributed by atoms with Gasteiger partial charge >= 0.3 is 0 Å². The first-order valence-corrected chi connectivity index (χ1v) is 14.7. The highest BCUT2D eigenvalue weighted by Crippen LogP contribution is 2.26. The molecule has 7 nitrogen and oxygen atoms in total. The number of anilines is 2. The zero-order valence-electron chi connectivity index (χ0n) is 23.7. The second-order valence-corrected chi connectivity index (χ2v) is 11.0. The fourth-order valence-corrected chi connectivity index (χ4v) is 5.65. The number of aromatic nitrogens is 3. The second kappa shape index (κ2) is 13.0. The van der Waals surface area contributed by atoms with E-state index < -0.39 is 0 Å². The van der Waals surface area contributed by atoms with E-state index in [-0.39, 0.29) is 0 Å². The molecule has 0 unspecified atom stereocenters. The number of fused-ring (bicyclic) bond motifs is 2. The third kappa shape index (κ3) is 6.92. The molecule has 6 rings (SSSR count). The number of para-hydroxylation sites is 1. The molecule has 7 heteroatoms. The normalized spacial score (nSPS) is 14.4. The molecule has 2 N–H and O–H groups in total. The fraction of sp³-hybridized carbons (Fsp3) is 0.324. The number of nitrogens with one attached hydrogen (secondary N) is 2. The molecule has 2 aromatic heterocycles. The van der Waals surface area contributed by atoms with Crippen molar-refractivity contribution in [2.45, 2.75) is 26.2 Å². The lowest BCUT2D eigenvalue weighted by Crippen LogP contribution is -2.38. The average molecular weight is 547 g/mol. The van der Waals surface area contributed by atoms with E-state index in [1.807, 2.05) is 24.4 Å². The van der Waals surface area contributed by atoms with Gasteiger partial charge in [0, 0.05) is 48.4 Å². The second-order valence-electron chi connectivity index (χ2n) is 11.0. The van der Waals surface area contributed by atoms with Crippen LogP contribution in [0.2, 0.25) is 0 Å². The number of nitrogens with zero attached hydrogens (tertiary/aromatic N) is 4. The highest BCUT2D eigenvalue weighted by atomic mass is 16.5. The summed E-state index contributed by atoms with van der Waals surface area (Å²) in [5, 5.41) is 9.30. The van der Waals surface area contributed by atoms with Crippen molar-refractivity contribution in [3.63, 3.8) is 0 Å². The molecule has 5 aromatic rings. The third-order valence-corrected chi connectivity index (χ3v) is 7.98. The topological polar surface area (TPSA) is 75.2 Å². The first kappa shape index (κ1) is 27.0. The van der Waals surface area contributed by atoms with Gasteiger partial charge < -0.3 is 20.3 Å². The molecule has 41 heavy (non-hydrogen) atoms. The van der Waals surface area contributed by atoms with Crippen molar-refractivity contribution in [2.75, 3.05) is 50.0 Å². The number of aryl methyl sites for hydroxylation is 1. The Morgan fingerprint density at radius 3 is 2.63 bits per heavy atom. The van der Waals surface area contributed by atoms with Crippen LogP contribution in [-0.4, -0.2) is 59.2 Å². The molecule has 3 heterocycles. The van der Waals surface area contributed by atoms with Crippen molar-refractivity contribution in [1.29, 1.82) is 0 Å². The molecule has 1 aliphatic heterocycles. The highest BCUT2D eigenvalue weighted by Gasteiger charge is 2.19. The predicted molar refractivity (Wildman–Crippen MR) is 168 cm³/mol. The van der Waals surface area contributed by atoms with Gasteiger partial charge in [-0.15, -0.1) is 0 Å². The highest BCUT2D eigenvalue weighted by molar-refractivity contribution is 5.91. The number of hydrogen-bond donors (Lipinski definition) is 2. The van der Waals surface area contributed by atoms with Crippen LogP contribution in [0, 0.1) is 12.8 Å². The summed E-state index contributed by atoms with van der Waals surface area (Å²) in [5.74, 6) is 2.31.